The second-order valence-electron chi connectivity index (χ2n) is 6.63. The molecule has 1 aromatic rings. The van der Waals surface area contributed by atoms with Gasteiger partial charge in [0.2, 0.25) is 0 Å². The SMILES string of the molecule is CO[C@@H]1CCCC[C@@H]1NC(=O)N1CCCN(c2ccccn2)CC1. The maximum atomic E-state index is 12.6. The number of rotatable bonds is 3. The first-order valence-electron chi connectivity index (χ1n) is 9.02. The van der Waals surface area contributed by atoms with E-state index in [2.05, 4.69) is 15.2 Å². The third-order valence-electron chi connectivity index (χ3n) is 5.07. The molecule has 24 heavy (non-hydrogen) atoms. The Morgan fingerprint density at radius 3 is 2.83 bits per heavy atom. The van der Waals surface area contributed by atoms with Crippen molar-refractivity contribution >= 4 is 11.8 Å². The Hall–Kier alpha value is -1.82. The third-order valence-corrected chi connectivity index (χ3v) is 5.07. The van der Waals surface area contributed by atoms with Crippen molar-refractivity contribution in [2.45, 2.75) is 44.2 Å². The second kappa shape index (κ2) is 8.33. The van der Waals surface area contributed by atoms with Crippen LogP contribution in [0.1, 0.15) is 32.1 Å². The molecule has 0 radical (unpaired) electrons. The Morgan fingerprint density at radius 1 is 1.17 bits per heavy atom. The molecule has 2 amide bonds. The minimum absolute atomic E-state index is 0.0480. The van der Waals surface area contributed by atoms with E-state index in [9.17, 15) is 4.79 Å². The zero-order valence-electron chi connectivity index (χ0n) is 14.5. The van der Waals surface area contributed by atoms with Gasteiger partial charge in [0, 0.05) is 39.5 Å². The van der Waals surface area contributed by atoms with Crippen LogP contribution >= 0.6 is 0 Å². The van der Waals surface area contributed by atoms with Crippen molar-refractivity contribution < 1.29 is 9.53 Å². The molecule has 3 rings (SSSR count). The number of ether oxygens (including phenoxy) is 1. The van der Waals surface area contributed by atoms with E-state index in [-0.39, 0.29) is 18.2 Å². The number of aromatic nitrogens is 1. The predicted octanol–water partition coefficient (Wildman–Crippen LogP) is 2.26. The van der Waals surface area contributed by atoms with E-state index >= 15 is 0 Å². The van der Waals surface area contributed by atoms with Crippen LogP contribution in [0.4, 0.5) is 10.6 Å². The number of anilines is 1. The first-order valence-corrected chi connectivity index (χ1v) is 9.02. The van der Waals surface area contributed by atoms with Crippen molar-refractivity contribution in [1.29, 1.82) is 0 Å². The molecule has 1 saturated carbocycles. The normalized spacial score (nSPS) is 25.2. The van der Waals surface area contributed by atoms with Crippen LogP contribution in [-0.4, -0.2) is 61.3 Å². The van der Waals surface area contributed by atoms with Gasteiger partial charge < -0.3 is 19.9 Å². The fraction of sp³-hybridized carbons (Fsp3) is 0.667. The number of pyridine rings is 1. The van der Waals surface area contributed by atoms with Crippen LogP contribution in [0, 0.1) is 0 Å². The van der Waals surface area contributed by atoms with E-state index in [0.29, 0.717) is 0 Å². The molecule has 0 unspecified atom stereocenters. The standard InChI is InChI=1S/C18H28N4O2/c1-24-16-8-3-2-7-15(16)20-18(23)22-12-6-11-21(13-14-22)17-9-4-5-10-19-17/h4-5,9-10,15-16H,2-3,6-8,11-14H2,1H3,(H,20,23)/t15-,16+/m0/s1. The Balaban J connectivity index is 1.54. The highest BCUT2D eigenvalue weighted by atomic mass is 16.5. The minimum Gasteiger partial charge on any atom is -0.379 e. The summed E-state index contributed by atoms with van der Waals surface area (Å²) in [6, 6.07) is 6.16. The Morgan fingerprint density at radius 2 is 2.04 bits per heavy atom. The summed E-state index contributed by atoms with van der Waals surface area (Å²) in [4.78, 5) is 21.3. The van der Waals surface area contributed by atoms with Gasteiger partial charge in [-0.1, -0.05) is 18.9 Å². The molecule has 2 atom stereocenters. The lowest BCUT2D eigenvalue weighted by molar-refractivity contribution is 0.0432. The highest BCUT2D eigenvalue weighted by Crippen LogP contribution is 2.21. The van der Waals surface area contributed by atoms with Gasteiger partial charge in [-0.25, -0.2) is 9.78 Å². The van der Waals surface area contributed by atoms with Gasteiger partial charge in [0.25, 0.3) is 0 Å². The highest BCUT2D eigenvalue weighted by Gasteiger charge is 2.28. The fourth-order valence-electron chi connectivity index (χ4n) is 3.68. The number of carbonyl (C=O) groups excluding carboxylic acids is 1. The van der Waals surface area contributed by atoms with Crippen molar-refractivity contribution in [3.63, 3.8) is 0 Å². The van der Waals surface area contributed by atoms with Gasteiger partial charge in [-0.3, -0.25) is 0 Å². The Bertz CT molecular complexity index is 525. The van der Waals surface area contributed by atoms with Crippen molar-refractivity contribution in [3.8, 4) is 0 Å². The van der Waals surface area contributed by atoms with E-state index in [0.717, 1.165) is 57.7 Å². The zero-order chi connectivity index (χ0) is 16.8. The molecule has 0 bridgehead atoms. The molecule has 132 valence electrons. The average Bonchev–Trinajstić information content (AvgIpc) is 2.89. The molecule has 1 aliphatic heterocycles. The summed E-state index contributed by atoms with van der Waals surface area (Å²) in [7, 11) is 1.74. The lowest BCUT2D eigenvalue weighted by Gasteiger charge is -2.33. The number of methoxy groups -OCH3 is 1. The fourth-order valence-corrected chi connectivity index (χ4v) is 3.68. The molecular weight excluding hydrogens is 304 g/mol. The van der Waals surface area contributed by atoms with Crippen LogP contribution in [0.5, 0.6) is 0 Å². The number of nitrogens with zero attached hydrogens (tertiary/aromatic N) is 3. The van der Waals surface area contributed by atoms with E-state index in [4.69, 9.17) is 4.74 Å². The quantitative estimate of drug-likeness (QED) is 0.922. The second-order valence-corrected chi connectivity index (χ2v) is 6.63. The topological polar surface area (TPSA) is 57.7 Å². The number of hydrogen-bond acceptors (Lipinski definition) is 4. The molecule has 1 aromatic heterocycles. The number of amides is 2. The average molecular weight is 332 g/mol. The summed E-state index contributed by atoms with van der Waals surface area (Å²) in [5, 5.41) is 3.20. The van der Waals surface area contributed by atoms with Crippen LogP contribution in [0.3, 0.4) is 0 Å². The predicted molar refractivity (Wildman–Crippen MR) is 94.2 cm³/mol. The summed E-state index contributed by atoms with van der Waals surface area (Å²) in [6.07, 6.45) is 7.33. The van der Waals surface area contributed by atoms with E-state index < -0.39 is 0 Å². The van der Waals surface area contributed by atoms with Crippen LogP contribution in [0.2, 0.25) is 0 Å². The lowest BCUT2D eigenvalue weighted by atomic mass is 9.92. The summed E-state index contributed by atoms with van der Waals surface area (Å²) >= 11 is 0. The number of nitrogens with one attached hydrogen (secondary N) is 1. The molecule has 1 saturated heterocycles. The smallest absolute Gasteiger partial charge is 0.317 e. The van der Waals surface area contributed by atoms with Gasteiger partial charge in [0.1, 0.15) is 5.82 Å². The monoisotopic (exact) mass is 332 g/mol. The van der Waals surface area contributed by atoms with Gasteiger partial charge in [0.15, 0.2) is 0 Å². The molecule has 2 fully saturated rings. The third kappa shape index (κ3) is 4.17. The van der Waals surface area contributed by atoms with Crippen LogP contribution in [-0.2, 0) is 4.74 Å². The maximum absolute atomic E-state index is 12.6. The van der Waals surface area contributed by atoms with Gasteiger partial charge in [-0.05, 0) is 31.4 Å². The summed E-state index contributed by atoms with van der Waals surface area (Å²) in [5.74, 6) is 0.992. The maximum Gasteiger partial charge on any atom is 0.317 e. The van der Waals surface area contributed by atoms with E-state index in [1.807, 2.05) is 29.3 Å². The van der Waals surface area contributed by atoms with E-state index in [1.54, 1.807) is 7.11 Å². The van der Waals surface area contributed by atoms with Crippen LogP contribution in [0.15, 0.2) is 24.4 Å². The highest BCUT2D eigenvalue weighted by molar-refractivity contribution is 5.74. The molecule has 1 N–H and O–H groups in total. The van der Waals surface area contributed by atoms with Gasteiger partial charge in [-0.2, -0.15) is 0 Å². The largest absolute Gasteiger partial charge is 0.379 e. The van der Waals surface area contributed by atoms with E-state index in [1.165, 1.54) is 6.42 Å². The first kappa shape index (κ1) is 17.0. The number of hydrogen-bond donors (Lipinski definition) is 1. The van der Waals surface area contributed by atoms with Crippen molar-refractivity contribution in [1.82, 2.24) is 15.2 Å². The number of carbonyl (C=O) groups is 1. The summed E-state index contributed by atoms with van der Waals surface area (Å²) in [6.45, 7) is 3.28. The molecule has 6 heteroatoms. The summed E-state index contributed by atoms with van der Waals surface area (Å²) < 4.78 is 5.54. The Kier molecular flexibility index (Phi) is 5.91. The molecule has 2 aliphatic rings. The van der Waals surface area contributed by atoms with Crippen LogP contribution < -0.4 is 10.2 Å². The molecule has 2 heterocycles. The van der Waals surface area contributed by atoms with Crippen molar-refractivity contribution in [2.24, 2.45) is 0 Å². The van der Waals surface area contributed by atoms with Gasteiger partial charge >= 0.3 is 6.03 Å². The van der Waals surface area contributed by atoms with Gasteiger partial charge in [0.05, 0.1) is 12.1 Å². The van der Waals surface area contributed by atoms with Gasteiger partial charge in [-0.15, -0.1) is 0 Å². The first-order chi connectivity index (χ1) is 11.8. The molecular formula is C18H28N4O2. The van der Waals surface area contributed by atoms with Crippen molar-refractivity contribution in [2.75, 3.05) is 38.2 Å². The zero-order valence-corrected chi connectivity index (χ0v) is 14.5. The van der Waals surface area contributed by atoms with Crippen LogP contribution in [0.25, 0.3) is 0 Å². The number of urea groups is 1. The molecule has 0 spiro atoms. The summed E-state index contributed by atoms with van der Waals surface area (Å²) in [5.41, 5.74) is 0. The lowest BCUT2D eigenvalue weighted by Crippen LogP contribution is -2.51. The molecule has 6 nitrogen and oxygen atoms in total. The minimum atomic E-state index is 0.0480. The molecule has 0 aromatic carbocycles. The van der Waals surface area contributed by atoms with Crippen molar-refractivity contribution in [3.05, 3.63) is 24.4 Å². The Labute approximate surface area is 144 Å². The molecule has 1 aliphatic carbocycles.